The van der Waals surface area contributed by atoms with Crippen molar-refractivity contribution in [3.63, 3.8) is 0 Å². The number of hydrogen-bond donors (Lipinski definition) is 0. The molecule has 3 nitrogen and oxygen atoms in total. The number of nitrogens with zero attached hydrogens (tertiary/aromatic N) is 2. The van der Waals surface area contributed by atoms with Crippen LogP contribution in [0.1, 0.15) is 44.1 Å². The van der Waals surface area contributed by atoms with Crippen LogP contribution in [0.15, 0.2) is 24.3 Å². The highest BCUT2D eigenvalue weighted by Crippen LogP contribution is 2.28. The Labute approximate surface area is 144 Å². The predicted octanol–water partition coefficient (Wildman–Crippen LogP) is 3.95. The molecule has 1 aromatic rings. The van der Waals surface area contributed by atoms with E-state index in [1.165, 1.54) is 31.2 Å². The van der Waals surface area contributed by atoms with Crippen molar-refractivity contribution in [1.82, 2.24) is 9.80 Å². The molecule has 2 aliphatic rings. The van der Waals surface area contributed by atoms with Crippen molar-refractivity contribution >= 4 is 17.5 Å². The van der Waals surface area contributed by atoms with Crippen molar-refractivity contribution in [2.75, 3.05) is 26.2 Å². The molecule has 1 saturated heterocycles. The Morgan fingerprint density at radius 1 is 1.13 bits per heavy atom. The van der Waals surface area contributed by atoms with Crippen LogP contribution in [0.3, 0.4) is 0 Å². The number of hydrogen-bond acceptors (Lipinski definition) is 2. The van der Waals surface area contributed by atoms with Gasteiger partial charge in [0.05, 0.1) is 0 Å². The van der Waals surface area contributed by atoms with Gasteiger partial charge in [0.25, 0.3) is 0 Å². The molecular weight excluding hydrogens is 308 g/mol. The Balaban J connectivity index is 1.40. The number of carbonyl (C=O) groups is 1. The molecule has 0 atom stereocenters. The largest absolute Gasteiger partial charge is 0.340 e. The molecule has 1 saturated carbocycles. The monoisotopic (exact) mass is 334 g/mol. The lowest BCUT2D eigenvalue weighted by molar-refractivity contribution is -0.133. The van der Waals surface area contributed by atoms with Crippen molar-refractivity contribution in [2.45, 2.75) is 45.1 Å². The summed E-state index contributed by atoms with van der Waals surface area (Å²) in [5.74, 6) is 1.17. The molecular formula is C19H27ClN2O. The Morgan fingerprint density at radius 2 is 1.87 bits per heavy atom. The lowest BCUT2D eigenvalue weighted by Gasteiger charge is -2.35. The summed E-state index contributed by atoms with van der Waals surface area (Å²) >= 11 is 6.04. The van der Waals surface area contributed by atoms with Crippen molar-refractivity contribution < 1.29 is 4.79 Å². The smallest absolute Gasteiger partial charge is 0.222 e. The van der Waals surface area contributed by atoms with E-state index in [2.05, 4.69) is 15.9 Å². The molecule has 1 amide bonds. The van der Waals surface area contributed by atoms with E-state index in [1.807, 2.05) is 18.2 Å². The van der Waals surface area contributed by atoms with Crippen molar-refractivity contribution in [2.24, 2.45) is 5.92 Å². The van der Waals surface area contributed by atoms with E-state index in [1.54, 1.807) is 0 Å². The van der Waals surface area contributed by atoms with Gasteiger partial charge in [0.1, 0.15) is 0 Å². The minimum absolute atomic E-state index is 0.360. The minimum atomic E-state index is 0.360. The van der Waals surface area contributed by atoms with Gasteiger partial charge in [-0.05, 0) is 30.0 Å². The second-order valence-corrected chi connectivity index (χ2v) is 7.41. The van der Waals surface area contributed by atoms with Gasteiger partial charge in [-0.15, -0.1) is 0 Å². The summed E-state index contributed by atoms with van der Waals surface area (Å²) in [5.41, 5.74) is 1.25. The summed E-state index contributed by atoms with van der Waals surface area (Å²) in [6.45, 7) is 4.57. The van der Waals surface area contributed by atoms with E-state index in [-0.39, 0.29) is 0 Å². The molecule has 126 valence electrons. The van der Waals surface area contributed by atoms with E-state index in [4.69, 9.17) is 11.6 Å². The van der Waals surface area contributed by atoms with Crippen LogP contribution >= 0.6 is 11.6 Å². The van der Waals surface area contributed by atoms with Gasteiger partial charge in [-0.2, -0.15) is 0 Å². The summed E-state index contributed by atoms with van der Waals surface area (Å²) in [6, 6.07) is 8.05. The second kappa shape index (κ2) is 8.16. The van der Waals surface area contributed by atoms with Crippen LogP contribution in [-0.2, 0) is 11.3 Å². The second-order valence-electron chi connectivity index (χ2n) is 6.98. The van der Waals surface area contributed by atoms with Crippen LogP contribution in [-0.4, -0.2) is 41.9 Å². The third-order valence-corrected chi connectivity index (χ3v) is 5.50. The molecule has 1 aromatic carbocycles. The van der Waals surface area contributed by atoms with Gasteiger partial charge in [0.15, 0.2) is 0 Å². The molecule has 0 spiro atoms. The van der Waals surface area contributed by atoms with Crippen LogP contribution in [0, 0.1) is 5.92 Å². The Morgan fingerprint density at radius 3 is 2.57 bits per heavy atom. The highest BCUT2D eigenvalue weighted by Gasteiger charge is 2.22. The third-order valence-electron chi connectivity index (χ3n) is 5.26. The summed E-state index contributed by atoms with van der Waals surface area (Å²) < 4.78 is 0. The molecule has 2 fully saturated rings. The van der Waals surface area contributed by atoms with Crippen LogP contribution in [0.2, 0.25) is 5.02 Å². The fourth-order valence-electron chi connectivity index (χ4n) is 3.83. The molecule has 0 bridgehead atoms. The number of rotatable bonds is 5. The molecule has 1 heterocycles. The van der Waals surface area contributed by atoms with Gasteiger partial charge in [-0.3, -0.25) is 9.69 Å². The average Bonchev–Trinajstić information content (AvgIpc) is 3.07. The zero-order chi connectivity index (χ0) is 16.1. The molecule has 3 rings (SSSR count). The van der Waals surface area contributed by atoms with Crippen LogP contribution in [0.5, 0.6) is 0 Å². The summed E-state index contributed by atoms with van der Waals surface area (Å²) in [4.78, 5) is 16.8. The topological polar surface area (TPSA) is 23.6 Å². The number of carbonyl (C=O) groups excluding carboxylic acids is 1. The normalized spacial score (nSPS) is 20.1. The first kappa shape index (κ1) is 16.8. The first-order valence-electron chi connectivity index (χ1n) is 8.95. The molecule has 23 heavy (non-hydrogen) atoms. The summed E-state index contributed by atoms with van der Waals surface area (Å²) in [6.07, 6.45) is 7.24. The van der Waals surface area contributed by atoms with Gasteiger partial charge >= 0.3 is 0 Å². The number of halogens is 1. The summed E-state index contributed by atoms with van der Waals surface area (Å²) in [5, 5.41) is 0.795. The molecule has 4 heteroatoms. The molecule has 0 unspecified atom stereocenters. The predicted molar refractivity (Wildman–Crippen MR) is 94.5 cm³/mol. The van der Waals surface area contributed by atoms with Crippen LogP contribution in [0.25, 0.3) is 0 Å². The SMILES string of the molecule is O=C(CCC1CCCC1)N1CCN(Cc2cccc(Cl)c2)CC1. The highest BCUT2D eigenvalue weighted by molar-refractivity contribution is 6.30. The standard InChI is InChI=1S/C19H27ClN2O/c20-18-7-3-6-17(14-18)15-21-10-12-22(13-11-21)19(23)9-8-16-4-1-2-5-16/h3,6-7,14,16H,1-2,4-5,8-13,15H2. The average molecular weight is 335 g/mol. The molecule has 1 aliphatic heterocycles. The molecule has 0 aromatic heterocycles. The molecule has 0 radical (unpaired) electrons. The zero-order valence-corrected chi connectivity index (χ0v) is 14.6. The Kier molecular flexibility index (Phi) is 5.96. The van der Waals surface area contributed by atoms with Crippen molar-refractivity contribution in [3.05, 3.63) is 34.9 Å². The van der Waals surface area contributed by atoms with E-state index in [0.29, 0.717) is 5.91 Å². The van der Waals surface area contributed by atoms with Gasteiger partial charge in [0, 0.05) is 44.2 Å². The molecule has 1 aliphatic carbocycles. The Hall–Kier alpha value is -1.06. The van der Waals surface area contributed by atoms with Gasteiger partial charge < -0.3 is 4.90 Å². The van der Waals surface area contributed by atoms with E-state index in [9.17, 15) is 4.79 Å². The van der Waals surface area contributed by atoms with Gasteiger partial charge in [-0.1, -0.05) is 49.4 Å². The lowest BCUT2D eigenvalue weighted by atomic mass is 10.0. The van der Waals surface area contributed by atoms with Crippen LogP contribution < -0.4 is 0 Å². The van der Waals surface area contributed by atoms with Crippen molar-refractivity contribution in [1.29, 1.82) is 0 Å². The number of benzene rings is 1. The van der Waals surface area contributed by atoms with E-state index < -0.39 is 0 Å². The minimum Gasteiger partial charge on any atom is -0.340 e. The number of piperazine rings is 1. The quantitative estimate of drug-likeness (QED) is 0.814. The maximum Gasteiger partial charge on any atom is 0.222 e. The van der Waals surface area contributed by atoms with E-state index in [0.717, 1.165) is 56.5 Å². The lowest BCUT2D eigenvalue weighted by Crippen LogP contribution is -2.48. The zero-order valence-electron chi connectivity index (χ0n) is 13.8. The maximum absolute atomic E-state index is 12.4. The third kappa shape index (κ3) is 4.95. The maximum atomic E-state index is 12.4. The first-order valence-corrected chi connectivity index (χ1v) is 9.33. The fraction of sp³-hybridized carbons (Fsp3) is 0.632. The van der Waals surface area contributed by atoms with Crippen molar-refractivity contribution in [3.8, 4) is 0 Å². The van der Waals surface area contributed by atoms with Gasteiger partial charge in [0.2, 0.25) is 5.91 Å². The van der Waals surface area contributed by atoms with Gasteiger partial charge in [-0.25, -0.2) is 0 Å². The highest BCUT2D eigenvalue weighted by atomic mass is 35.5. The molecule has 0 N–H and O–H groups in total. The first-order chi connectivity index (χ1) is 11.2. The van der Waals surface area contributed by atoms with Crippen LogP contribution in [0.4, 0.5) is 0 Å². The Bertz CT molecular complexity index is 520. The fourth-order valence-corrected chi connectivity index (χ4v) is 4.05. The number of amides is 1. The van der Waals surface area contributed by atoms with E-state index >= 15 is 0 Å². The summed E-state index contributed by atoms with van der Waals surface area (Å²) in [7, 11) is 0.